The Bertz CT molecular complexity index is 645. The van der Waals surface area contributed by atoms with Gasteiger partial charge in [-0.3, -0.25) is 14.6 Å². The molecule has 0 aromatic carbocycles. The summed E-state index contributed by atoms with van der Waals surface area (Å²) in [6, 6.07) is 0. The van der Waals surface area contributed by atoms with Crippen LogP contribution < -0.4 is 5.32 Å². The van der Waals surface area contributed by atoms with Crippen molar-refractivity contribution >= 4 is 5.96 Å². The van der Waals surface area contributed by atoms with E-state index in [4.69, 9.17) is 4.74 Å². The van der Waals surface area contributed by atoms with Crippen LogP contribution in [0, 0.1) is 0 Å². The molecule has 1 unspecified atom stereocenters. The van der Waals surface area contributed by atoms with E-state index in [1.165, 1.54) is 31.5 Å². The van der Waals surface area contributed by atoms with Gasteiger partial charge >= 0.3 is 0 Å². The summed E-state index contributed by atoms with van der Waals surface area (Å²) in [6.45, 7) is 7.26. The minimum Gasteiger partial charge on any atom is -0.381 e. The predicted octanol–water partition coefficient (Wildman–Crippen LogP) is 1.43. The van der Waals surface area contributed by atoms with Crippen LogP contribution in [0.15, 0.2) is 17.4 Å². The molecule has 3 aliphatic heterocycles. The fourth-order valence-corrected chi connectivity index (χ4v) is 5.00. The first-order valence-electron chi connectivity index (χ1n) is 10.5. The second-order valence-electron chi connectivity index (χ2n) is 8.31. The second kappa shape index (κ2) is 8.19. The number of nitrogens with one attached hydrogen (secondary N) is 1. The number of rotatable bonds is 4. The summed E-state index contributed by atoms with van der Waals surface area (Å²) < 4.78 is 7.58. The monoisotopic (exact) mass is 374 g/mol. The van der Waals surface area contributed by atoms with Crippen LogP contribution in [0.5, 0.6) is 0 Å². The van der Waals surface area contributed by atoms with Gasteiger partial charge in [-0.25, -0.2) is 0 Å². The lowest BCUT2D eigenvalue weighted by atomic mass is 9.88. The predicted molar refractivity (Wildman–Crippen MR) is 107 cm³/mol. The number of guanidine groups is 1. The van der Waals surface area contributed by atoms with Crippen LogP contribution in [0.2, 0.25) is 0 Å². The van der Waals surface area contributed by atoms with Crippen molar-refractivity contribution in [2.75, 3.05) is 53.0 Å². The van der Waals surface area contributed by atoms with Gasteiger partial charge in [0.1, 0.15) is 0 Å². The Kier molecular flexibility index (Phi) is 5.68. The molecule has 0 aliphatic carbocycles. The molecule has 27 heavy (non-hydrogen) atoms. The van der Waals surface area contributed by atoms with Crippen LogP contribution >= 0.6 is 0 Å². The van der Waals surface area contributed by atoms with E-state index in [-0.39, 0.29) is 5.54 Å². The Balaban J connectivity index is 1.38. The van der Waals surface area contributed by atoms with Crippen molar-refractivity contribution in [1.82, 2.24) is 24.9 Å². The molecule has 3 saturated heterocycles. The van der Waals surface area contributed by atoms with Crippen LogP contribution in [0.25, 0.3) is 0 Å². The highest BCUT2D eigenvalue weighted by Crippen LogP contribution is 2.31. The van der Waals surface area contributed by atoms with Crippen molar-refractivity contribution in [2.24, 2.45) is 12.0 Å². The number of aryl methyl sites for hydroxylation is 1. The number of hydrogen-bond donors (Lipinski definition) is 1. The number of nitrogens with zero attached hydrogens (tertiary/aromatic N) is 5. The number of aliphatic imine (C=N–C) groups is 1. The maximum atomic E-state index is 5.68. The van der Waals surface area contributed by atoms with Crippen molar-refractivity contribution < 1.29 is 4.74 Å². The van der Waals surface area contributed by atoms with E-state index >= 15 is 0 Å². The van der Waals surface area contributed by atoms with Crippen molar-refractivity contribution in [2.45, 2.75) is 43.6 Å². The van der Waals surface area contributed by atoms with Gasteiger partial charge in [-0.2, -0.15) is 5.10 Å². The molecule has 1 atom stereocenters. The minimum atomic E-state index is 0.229. The molecule has 0 radical (unpaired) electrons. The van der Waals surface area contributed by atoms with Crippen LogP contribution in [0.3, 0.4) is 0 Å². The Morgan fingerprint density at radius 2 is 2.07 bits per heavy atom. The van der Waals surface area contributed by atoms with Gasteiger partial charge in [0.15, 0.2) is 5.96 Å². The maximum absolute atomic E-state index is 5.68. The molecule has 0 spiro atoms. The van der Waals surface area contributed by atoms with Crippen LogP contribution in [-0.2, 0) is 11.8 Å². The zero-order valence-corrected chi connectivity index (χ0v) is 16.9. The Hall–Kier alpha value is -1.60. The third-order valence-corrected chi connectivity index (χ3v) is 6.67. The number of likely N-dealkylation sites (tertiary alicyclic amines) is 2. The van der Waals surface area contributed by atoms with E-state index in [0.717, 1.165) is 58.1 Å². The van der Waals surface area contributed by atoms with E-state index in [9.17, 15) is 0 Å². The van der Waals surface area contributed by atoms with Crippen LogP contribution in [0.4, 0.5) is 0 Å². The number of aromatic nitrogens is 2. The molecule has 1 N–H and O–H groups in total. The first-order chi connectivity index (χ1) is 13.2. The third kappa shape index (κ3) is 3.99. The fourth-order valence-electron chi connectivity index (χ4n) is 5.00. The van der Waals surface area contributed by atoms with Crippen LogP contribution in [-0.4, -0.2) is 84.1 Å². The maximum Gasteiger partial charge on any atom is 0.193 e. The van der Waals surface area contributed by atoms with Crippen molar-refractivity contribution in [3.63, 3.8) is 0 Å². The normalized spacial score (nSPS) is 26.7. The standard InChI is InChI=1S/C20H34N6O/c1-21-19(25-10-5-17(15-25)18-13-23-24(2)14-18)22-16-20(6-11-27-12-7-20)26-8-3-4-9-26/h13-14,17H,3-12,15-16H2,1-2H3,(H,21,22). The van der Waals surface area contributed by atoms with Crippen LogP contribution in [0.1, 0.15) is 43.6 Å². The summed E-state index contributed by atoms with van der Waals surface area (Å²) in [7, 11) is 3.90. The van der Waals surface area contributed by atoms with E-state index in [1.807, 2.05) is 25.0 Å². The van der Waals surface area contributed by atoms with Crippen molar-refractivity contribution in [1.29, 1.82) is 0 Å². The minimum absolute atomic E-state index is 0.229. The van der Waals surface area contributed by atoms with Gasteiger partial charge < -0.3 is 15.0 Å². The van der Waals surface area contributed by atoms with Gasteiger partial charge in [0, 0.05) is 64.6 Å². The summed E-state index contributed by atoms with van der Waals surface area (Å²) in [5, 5.41) is 8.07. The molecule has 4 rings (SSSR count). The lowest BCUT2D eigenvalue weighted by Gasteiger charge is -2.45. The van der Waals surface area contributed by atoms with Gasteiger partial charge in [0.25, 0.3) is 0 Å². The summed E-state index contributed by atoms with van der Waals surface area (Å²) in [4.78, 5) is 9.72. The summed E-state index contributed by atoms with van der Waals surface area (Å²) >= 11 is 0. The summed E-state index contributed by atoms with van der Waals surface area (Å²) in [6.07, 6.45) is 10.2. The van der Waals surface area contributed by atoms with Gasteiger partial charge in [-0.05, 0) is 50.8 Å². The highest BCUT2D eigenvalue weighted by Gasteiger charge is 2.40. The Labute approximate surface area is 162 Å². The van der Waals surface area contributed by atoms with Gasteiger partial charge in [0.2, 0.25) is 0 Å². The van der Waals surface area contributed by atoms with Gasteiger partial charge in [0.05, 0.1) is 6.20 Å². The third-order valence-electron chi connectivity index (χ3n) is 6.67. The Morgan fingerprint density at radius 1 is 1.30 bits per heavy atom. The molecule has 1 aromatic rings. The quantitative estimate of drug-likeness (QED) is 0.638. The Morgan fingerprint density at radius 3 is 2.74 bits per heavy atom. The molecule has 0 amide bonds. The fraction of sp³-hybridized carbons (Fsp3) is 0.800. The summed E-state index contributed by atoms with van der Waals surface area (Å²) in [5.41, 5.74) is 1.57. The largest absolute Gasteiger partial charge is 0.381 e. The molecule has 7 nitrogen and oxygen atoms in total. The van der Waals surface area contributed by atoms with E-state index in [1.54, 1.807) is 0 Å². The number of hydrogen-bond acceptors (Lipinski definition) is 4. The molecule has 0 saturated carbocycles. The van der Waals surface area contributed by atoms with Crippen molar-refractivity contribution in [3.05, 3.63) is 18.0 Å². The molecular formula is C20H34N6O. The van der Waals surface area contributed by atoms with E-state index < -0.39 is 0 Å². The molecule has 4 heterocycles. The summed E-state index contributed by atoms with van der Waals surface area (Å²) in [5.74, 6) is 1.60. The average molecular weight is 375 g/mol. The SMILES string of the molecule is CN=C(NCC1(N2CCCC2)CCOCC1)N1CCC(c2cnn(C)c2)C1. The molecule has 150 valence electrons. The molecule has 1 aromatic heterocycles. The smallest absolute Gasteiger partial charge is 0.193 e. The average Bonchev–Trinajstić information content (AvgIpc) is 3.45. The lowest BCUT2D eigenvalue weighted by molar-refractivity contribution is -0.0166. The zero-order valence-electron chi connectivity index (χ0n) is 16.9. The lowest BCUT2D eigenvalue weighted by Crippen LogP contribution is -2.58. The second-order valence-corrected chi connectivity index (χ2v) is 8.31. The molecule has 7 heteroatoms. The topological polar surface area (TPSA) is 57.9 Å². The van der Waals surface area contributed by atoms with Crippen molar-refractivity contribution in [3.8, 4) is 0 Å². The molecule has 3 fully saturated rings. The molecular weight excluding hydrogens is 340 g/mol. The first kappa shape index (κ1) is 18.7. The van der Waals surface area contributed by atoms with Gasteiger partial charge in [-0.1, -0.05) is 0 Å². The molecule has 3 aliphatic rings. The highest BCUT2D eigenvalue weighted by atomic mass is 16.5. The van der Waals surface area contributed by atoms with E-state index in [2.05, 4.69) is 31.4 Å². The zero-order chi connectivity index (χ0) is 18.7. The van der Waals surface area contributed by atoms with E-state index in [0.29, 0.717) is 5.92 Å². The first-order valence-corrected chi connectivity index (χ1v) is 10.5. The van der Waals surface area contributed by atoms with Gasteiger partial charge in [-0.15, -0.1) is 0 Å². The highest BCUT2D eigenvalue weighted by molar-refractivity contribution is 5.80. The number of ether oxygens (including phenoxy) is 1. The molecule has 0 bridgehead atoms.